The number of nitrogens with zero attached hydrogens (tertiary/aromatic N) is 5. The van der Waals surface area contributed by atoms with Crippen molar-refractivity contribution in [3.05, 3.63) is 47.7 Å². The lowest BCUT2D eigenvalue weighted by Gasteiger charge is -2.35. The van der Waals surface area contributed by atoms with E-state index >= 15 is 0 Å². The second-order valence-corrected chi connectivity index (χ2v) is 11.0. The first-order valence-corrected chi connectivity index (χ1v) is 13.7. The molecule has 37 heavy (non-hydrogen) atoms. The first kappa shape index (κ1) is 25.6. The molecule has 1 amide bonds. The number of carbonyl (C=O) groups is 1. The van der Waals surface area contributed by atoms with Crippen LogP contribution in [0.4, 0.5) is 16.8 Å². The molecule has 0 aliphatic carbocycles. The Labute approximate surface area is 222 Å². The Hall–Kier alpha value is -3.08. The van der Waals surface area contributed by atoms with Gasteiger partial charge >= 0.3 is 0 Å². The zero-order chi connectivity index (χ0) is 25.9. The number of ether oxygens (including phenoxy) is 1. The monoisotopic (exact) mass is 521 g/mol. The van der Waals surface area contributed by atoms with Crippen molar-refractivity contribution in [1.82, 2.24) is 24.8 Å². The van der Waals surface area contributed by atoms with Gasteiger partial charge in [0.15, 0.2) is 5.13 Å². The van der Waals surface area contributed by atoms with Gasteiger partial charge < -0.3 is 20.3 Å². The highest BCUT2D eigenvalue weighted by Crippen LogP contribution is 2.28. The molecule has 2 aliphatic heterocycles. The molecule has 0 unspecified atom stereocenters. The van der Waals surface area contributed by atoms with Crippen LogP contribution in [-0.4, -0.2) is 75.1 Å². The van der Waals surface area contributed by atoms with Gasteiger partial charge in [0.25, 0.3) is 0 Å². The number of anilines is 3. The largest absolute Gasteiger partial charge is 0.373 e. The lowest BCUT2D eigenvalue weighted by Crippen LogP contribution is -2.44. The Morgan fingerprint density at radius 3 is 2.73 bits per heavy atom. The number of thiazole rings is 1. The summed E-state index contributed by atoms with van der Waals surface area (Å²) in [5.41, 5.74) is 2.82. The standard InChI is InChI=1S/C27H35N7O2S/c1-5-17(2)26(35)34-10-8-21(16-34)29-23-11-20(15-33-13-18(3)36-19(4)14-33)12-24(31-23)32-27-30-22-7-6-9-28-25(22)37-27/h5-7,9,11-12,18-19,21H,8,10,13-16H2,1-4H3,(H2,29,30,31,32)/b17-5+/t18-,19+,21-/m0/s1. The molecular formula is C27H35N7O2S. The molecule has 0 aromatic carbocycles. The maximum Gasteiger partial charge on any atom is 0.249 e. The number of carbonyl (C=O) groups excluding carboxylic acids is 1. The number of pyridine rings is 2. The number of aromatic nitrogens is 3. The van der Waals surface area contributed by atoms with Gasteiger partial charge in [-0.05, 0) is 63.9 Å². The molecule has 5 rings (SSSR count). The topological polar surface area (TPSA) is 95.5 Å². The number of hydrogen-bond donors (Lipinski definition) is 2. The van der Waals surface area contributed by atoms with Crippen molar-refractivity contribution >= 4 is 44.4 Å². The summed E-state index contributed by atoms with van der Waals surface area (Å²) >= 11 is 1.51. The van der Waals surface area contributed by atoms with E-state index in [1.807, 2.05) is 37.0 Å². The summed E-state index contributed by atoms with van der Waals surface area (Å²) in [6.07, 6.45) is 4.96. The van der Waals surface area contributed by atoms with E-state index < -0.39 is 0 Å². The Kier molecular flexibility index (Phi) is 7.68. The minimum absolute atomic E-state index is 0.107. The van der Waals surface area contributed by atoms with Crippen LogP contribution in [-0.2, 0) is 16.1 Å². The minimum atomic E-state index is 0.107. The Balaban J connectivity index is 1.36. The fourth-order valence-electron chi connectivity index (χ4n) is 5.07. The van der Waals surface area contributed by atoms with E-state index in [1.165, 1.54) is 11.3 Å². The van der Waals surface area contributed by atoms with Gasteiger partial charge in [-0.3, -0.25) is 9.69 Å². The molecule has 3 atom stereocenters. The molecular weight excluding hydrogens is 486 g/mol. The third-order valence-electron chi connectivity index (χ3n) is 6.79. The number of likely N-dealkylation sites (tertiary alicyclic amines) is 1. The molecule has 5 heterocycles. The number of morpholine rings is 1. The zero-order valence-corrected chi connectivity index (χ0v) is 22.7. The molecule has 2 aliphatic rings. The highest BCUT2D eigenvalue weighted by molar-refractivity contribution is 7.21. The summed E-state index contributed by atoms with van der Waals surface area (Å²) < 4.78 is 5.92. The predicted octanol–water partition coefficient (Wildman–Crippen LogP) is 4.42. The van der Waals surface area contributed by atoms with Gasteiger partial charge in [0, 0.05) is 50.5 Å². The maximum atomic E-state index is 12.6. The van der Waals surface area contributed by atoms with Crippen molar-refractivity contribution < 1.29 is 9.53 Å². The number of fused-ring (bicyclic) bond motifs is 1. The number of amides is 1. The van der Waals surface area contributed by atoms with Gasteiger partial charge in [-0.15, -0.1) is 0 Å². The van der Waals surface area contributed by atoms with E-state index in [0.29, 0.717) is 6.54 Å². The first-order valence-electron chi connectivity index (χ1n) is 12.9. The van der Waals surface area contributed by atoms with Gasteiger partial charge in [0.05, 0.1) is 12.2 Å². The summed E-state index contributed by atoms with van der Waals surface area (Å²) in [5.74, 6) is 1.65. The lowest BCUT2D eigenvalue weighted by molar-refractivity contribution is -0.126. The average molecular weight is 522 g/mol. The van der Waals surface area contributed by atoms with Gasteiger partial charge in [-0.1, -0.05) is 17.4 Å². The molecule has 9 nitrogen and oxygen atoms in total. The molecule has 196 valence electrons. The zero-order valence-electron chi connectivity index (χ0n) is 21.9. The summed E-state index contributed by atoms with van der Waals surface area (Å²) in [4.78, 5) is 31.8. The van der Waals surface area contributed by atoms with Crippen molar-refractivity contribution in [2.75, 3.05) is 36.8 Å². The molecule has 3 aromatic rings. The van der Waals surface area contributed by atoms with E-state index in [9.17, 15) is 4.79 Å². The number of nitrogens with one attached hydrogen (secondary N) is 2. The molecule has 0 saturated carbocycles. The molecule has 2 fully saturated rings. The van der Waals surface area contributed by atoms with Crippen molar-refractivity contribution in [2.45, 2.75) is 58.9 Å². The second-order valence-electron chi connectivity index (χ2n) is 10.0. The highest BCUT2D eigenvalue weighted by atomic mass is 32.1. The molecule has 0 bridgehead atoms. The van der Waals surface area contributed by atoms with Crippen LogP contribution in [0, 0.1) is 0 Å². The van der Waals surface area contributed by atoms with E-state index in [4.69, 9.17) is 9.72 Å². The predicted molar refractivity (Wildman–Crippen MR) is 148 cm³/mol. The Morgan fingerprint density at radius 2 is 1.97 bits per heavy atom. The summed E-state index contributed by atoms with van der Waals surface area (Å²) in [6.45, 7) is 12.0. The van der Waals surface area contributed by atoms with Crippen LogP contribution in [0.2, 0.25) is 0 Å². The van der Waals surface area contributed by atoms with Crippen LogP contribution < -0.4 is 10.6 Å². The van der Waals surface area contributed by atoms with Crippen molar-refractivity contribution in [2.24, 2.45) is 0 Å². The third-order valence-corrected chi connectivity index (χ3v) is 7.68. The van der Waals surface area contributed by atoms with Crippen LogP contribution in [0.15, 0.2) is 42.1 Å². The third kappa shape index (κ3) is 6.26. The number of rotatable bonds is 7. The van der Waals surface area contributed by atoms with Crippen LogP contribution in [0.25, 0.3) is 10.3 Å². The fourth-order valence-corrected chi connectivity index (χ4v) is 5.88. The Morgan fingerprint density at radius 1 is 1.19 bits per heavy atom. The fraction of sp³-hybridized carbons (Fsp3) is 0.481. The first-order chi connectivity index (χ1) is 17.9. The van der Waals surface area contributed by atoms with E-state index in [1.54, 1.807) is 6.20 Å². The number of allylic oxidation sites excluding steroid dienone is 1. The van der Waals surface area contributed by atoms with Gasteiger partial charge in [-0.2, -0.15) is 0 Å². The van der Waals surface area contributed by atoms with Crippen LogP contribution >= 0.6 is 11.3 Å². The molecule has 3 aromatic heterocycles. The lowest BCUT2D eigenvalue weighted by atomic mass is 10.1. The van der Waals surface area contributed by atoms with Gasteiger partial charge in [-0.25, -0.2) is 15.0 Å². The highest BCUT2D eigenvalue weighted by Gasteiger charge is 2.27. The Bertz CT molecular complexity index is 1250. The molecule has 0 spiro atoms. The average Bonchev–Trinajstić information content (AvgIpc) is 3.48. The number of hydrogen-bond acceptors (Lipinski definition) is 9. The molecule has 2 saturated heterocycles. The molecule has 10 heteroatoms. The van der Waals surface area contributed by atoms with Gasteiger partial charge in [0.2, 0.25) is 5.91 Å². The van der Waals surface area contributed by atoms with E-state index in [0.717, 1.165) is 70.9 Å². The van der Waals surface area contributed by atoms with Gasteiger partial charge in [0.1, 0.15) is 22.0 Å². The van der Waals surface area contributed by atoms with Crippen LogP contribution in [0.1, 0.15) is 39.7 Å². The quantitative estimate of drug-likeness (QED) is 0.441. The van der Waals surface area contributed by atoms with Crippen molar-refractivity contribution in [1.29, 1.82) is 0 Å². The minimum Gasteiger partial charge on any atom is -0.373 e. The molecule has 2 N–H and O–H groups in total. The maximum absolute atomic E-state index is 12.6. The van der Waals surface area contributed by atoms with Crippen molar-refractivity contribution in [3.63, 3.8) is 0 Å². The normalized spacial score (nSPS) is 23.0. The smallest absolute Gasteiger partial charge is 0.249 e. The van der Waals surface area contributed by atoms with Crippen LogP contribution in [0.3, 0.4) is 0 Å². The van der Waals surface area contributed by atoms with Crippen molar-refractivity contribution in [3.8, 4) is 0 Å². The second kappa shape index (κ2) is 11.1. The summed E-state index contributed by atoms with van der Waals surface area (Å²) in [7, 11) is 0. The van der Waals surface area contributed by atoms with E-state index in [-0.39, 0.29) is 24.2 Å². The van der Waals surface area contributed by atoms with E-state index in [2.05, 4.69) is 51.5 Å². The summed E-state index contributed by atoms with van der Waals surface area (Å²) in [5, 5.41) is 7.76. The SMILES string of the molecule is C/C=C(\C)C(=O)N1CC[C@H](Nc2cc(CN3C[C@@H](C)O[C@@H](C)C3)cc(Nc3nc4cccnc4s3)n2)C1. The molecule has 0 radical (unpaired) electrons. The van der Waals surface area contributed by atoms with Crippen LogP contribution in [0.5, 0.6) is 0 Å². The summed E-state index contributed by atoms with van der Waals surface area (Å²) in [6, 6.07) is 8.22.